The van der Waals surface area contributed by atoms with Gasteiger partial charge in [0.2, 0.25) is 11.8 Å². The van der Waals surface area contributed by atoms with Gasteiger partial charge in [-0.25, -0.2) is 0 Å². The molecular formula is C18H21N3O2S. The zero-order valence-corrected chi connectivity index (χ0v) is 14.2. The van der Waals surface area contributed by atoms with Gasteiger partial charge in [-0.2, -0.15) is 0 Å². The van der Waals surface area contributed by atoms with Crippen molar-refractivity contribution in [3.05, 3.63) is 41.6 Å². The predicted octanol–water partition coefficient (Wildman–Crippen LogP) is 1.86. The zero-order chi connectivity index (χ0) is 16.5. The highest BCUT2D eigenvalue weighted by Gasteiger charge is 2.47. The van der Waals surface area contributed by atoms with Gasteiger partial charge >= 0.3 is 0 Å². The minimum Gasteiger partial charge on any atom is -0.352 e. The normalized spacial score (nSPS) is 34.2. The Kier molecular flexibility index (Phi) is 4.31. The van der Waals surface area contributed by atoms with Crippen LogP contribution in [0.15, 0.2) is 35.9 Å². The van der Waals surface area contributed by atoms with E-state index in [2.05, 4.69) is 21.0 Å². The fourth-order valence-corrected chi connectivity index (χ4v) is 5.47. The van der Waals surface area contributed by atoms with Crippen molar-refractivity contribution >= 4 is 23.6 Å². The second-order valence-electron chi connectivity index (χ2n) is 6.78. The molecule has 1 saturated heterocycles. The average Bonchev–Trinajstić information content (AvgIpc) is 3.11. The topological polar surface area (TPSA) is 71.1 Å². The van der Waals surface area contributed by atoms with E-state index in [9.17, 15) is 9.59 Å². The van der Waals surface area contributed by atoms with Crippen LogP contribution in [-0.2, 0) is 16.1 Å². The standard InChI is InChI=1S/C18H21N3O2S/c22-17(20-10-12-3-1-2-7-19-12)11-4-5-13-15(9-11)21-18(23)14-6-8-24-16(13)14/h1-3,6-8,11,13-16H,4-5,9-10H2,(H,20,22)(H,21,23). The number of piperidine rings is 1. The average molecular weight is 343 g/mol. The third-order valence-electron chi connectivity index (χ3n) is 5.37. The van der Waals surface area contributed by atoms with E-state index in [0.29, 0.717) is 17.7 Å². The molecule has 5 unspecified atom stereocenters. The highest BCUT2D eigenvalue weighted by molar-refractivity contribution is 8.03. The molecule has 5 atom stereocenters. The Balaban J connectivity index is 1.36. The quantitative estimate of drug-likeness (QED) is 0.879. The highest BCUT2D eigenvalue weighted by Crippen LogP contribution is 2.45. The lowest BCUT2D eigenvalue weighted by Crippen LogP contribution is -2.57. The number of nitrogens with one attached hydrogen (secondary N) is 2. The van der Waals surface area contributed by atoms with Gasteiger partial charge in [0.15, 0.2) is 0 Å². The van der Waals surface area contributed by atoms with Crippen LogP contribution in [0.4, 0.5) is 0 Å². The highest BCUT2D eigenvalue weighted by atomic mass is 32.2. The molecular weight excluding hydrogens is 322 g/mol. The Morgan fingerprint density at radius 2 is 2.29 bits per heavy atom. The molecule has 2 fully saturated rings. The second-order valence-corrected chi connectivity index (χ2v) is 7.87. The molecule has 4 rings (SSSR count). The number of aromatic nitrogens is 1. The van der Waals surface area contributed by atoms with Gasteiger partial charge in [0.25, 0.3) is 0 Å². The maximum Gasteiger partial charge on any atom is 0.228 e. The Labute approximate surface area is 145 Å². The van der Waals surface area contributed by atoms with Gasteiger partial charge in [-0.15, -0.1) is 11.8 Å². The van der Waals surface area contributed by atoms with Crippen LogP contribution in [0.5, 0.6) is 0 Å². The third kappa shape index (κ3) is 2.95. The van der Waals surface area contributed by atoms with Crippen molar-refractivity contribution in [3.63, 3.8) is 0 Å². The van der Waals surface area contributed by atoms with E-state index in [0.717, 1.165) is 25.0 Å². The number of hydrogen-bond donors (Lipinski definition) is 2. The SMILES string of the molecule is O=C(NCc1ccccn1)C1CCC2C(C1)NC(=O)C1C=CSC12. The Bertz CT molecular complexity index is 663. The number of amides is 2. The van der Waals surface area contributed by atoms with Gasteiger partial charge in [-0.05, 0) is 42.7 Å². The molecule has 1 aromatic heterocycles. The summed E-state index contributed by atoms with van der Waals surface area (Å²) in [4.78, 5) is 28.9. The smallest absolute Gasteiger partial charge is 0.228 e. The molecule has 2 aliphatic heterocycles. The molecule has 6 heteroatoms. The first kappa shape index (κ1) is 15.7. The van der Waals surface area contributed by atoms with Crippen LogP contribution in [0.2, 0.25) is 0 Å². The first-order chi connectivity index (χ1) is 11.7. The number of pyridine rings is 1. The molecule has 0 radical (unpaired) electrons. The van der Waals surface area contributed by atoms with Crippen molar-refractivity contribution in [2.24, 2.45) is 17.8 Å². The van der Waals surface area contributed by atoms with Crippen LogP contribution < -0.4 is 10.6 Å². The number of carbonyl (C=O) groups excluding carboxylic acids is 2. The summed E-state index contributed by atoms with van der Waals surface area (Å²) in [5, 5.41) is 8.56. The molecule has 1 aliphatic carbocycles. The van der Waals surface area contributed by atoms with Gasteiger partial charge in [0, 0.05) is 23.4 Å². The summed E-state index contributed by atoms with van der Waals surface area (Å²) in [5.74, 6) is 0.675. The first-order valence-corrected chi connectivity index (χ1v) is 9.47. The monoisotopic (exact) mass is 343 g/mol. The summed E-state index contributed by atoms with van der Waals surface area (Å²) >= 11 is 1.78. The molecule has 2 N–H and O–H groups in total. The minimum atomic E-state index is -0.0221. The number of rotatable bonds is 3. The molecule has 3 heterocycles. The molecule has 1 saturated carbocycles. The summed E-state index contributed by atoms with van der Waals surface area (Å²) in [5.41, 5.74) is 0.863. The molecule has 2 amide bonds. The van der Waals surface area contributed by atoms with E-state index < -0.39 is 0 Å². The van der Waals surface area contributed by atoms with Crippen LogP contribution in [0.1, 0.15) is 25.0 Å². The van der Waals surface area contributed by atoms with Crippen LogP contribution in [0.25, 0.3) is 0 Å². The van der Waals surface area contributed by atoms with Crippen molar-refractivity contribution in [2.45, 2.75) is 37.1 Å². The van der Waals surface area contributed by atoms with Crippen LogP contribution in [0, 0.1) is 17.8 Å². The van der Waals surface area contributed by atoms with Crippen molar-refractivity contribution < 1.29 is 9.59 Å². The van der Waals surface area contributed by atoms with E-state index in [1.54, 1.807) is 18.0 Å². The summed E-state index contributed by atoms with van der Waals surface area (Å²) in [6.45, 7) is 0.459. The Morgan fingerprint density at radius 3 is 3.12 bits per heavy atom. The minimum absolute atomic E-state index is 0.0192. The van der Waals surface area contributed by atoms with E-state index in [1.165, 1.54) is 0 Å². The summed E-state index contributed by atoms with van der Waals surface area (Å²) in [6, 6.07) is 5.82. The fourth-order valence-electron chi connectivity index (χ4n) is 4.11. The molecule has 24 heavy (non-hydrogen) atoms. The number of carbonyl (C=O) groups is 2. The molecule has 5 nitrogen and oxygen atoms in total. The summed E-state index contributed by atoms with van der Waals surface area (Å²) in [7, 11) is 0. The fraction of sp³-hybridized carbons (Fsp3) is 0.500. The number of thioether (sulfide) groups is 1. The lowest BCUT2D eigenvalue weighted by atomic mass is 9.71. The van der Waals surface area contributed by atoms with Gasteiger partial charge in [0.05, 0.1) is 18.2 Å². The first-order valence-electron chi connectivity index (χ1n) is 8.52. The lowest BCUT2D eigenvalue weighted by molar-refractivity contribution is -0.131. The van der Waals surface area contributed by atoms with Crippen LogP contribution in [0.3, 0.4) is 0 Å². The van der Waals surface area contributed by atoms with E-state index >= 15 is 0 Å². The molecule has 126 valence electrons. The molecule has 1 aromatic rings. The molecule has 3 aliphatic rings. The van der Waals surface area contributed by atoms with E-state index in [1.807, 2.05) is 24.3 Å². The van der Waals surface area contributed by atoms with Crippen molar-refractivity contribution in [3.8, 4) is 0 Å². The Morgan fingerprint density at radius 1 is 1.38 bits per heavy atom. The largest absolute Gasteiger partial charge is 0.352 e. The van der Waals surface area contributed by atoms with Gasteiger partial charge in [-0.3, -0.25) is 14.6 Å². The van der Waals surface area contributed by atoms with E-state index in [4.69, 9.17) is 0 Å². The van der Waals surface area contributed by atoms with Gasteiger partial charge in [-0.1, -0.05) is 12.1 Å². The maximum absolute atomic E-state index is 12.5. The van der Waals surface area contributed by atoms with Crippen LogP contribution >= 0.6 is 11.8 Å². The summed E-state index contributed by atoms with van der Waals surface area (Å²) < 4.78 is 0. The second kappa shape index (κ2) is 6.59. The van der Waals surface area contributed by atoms with Crippen LogP contribution in [-0.4, -0.2) is 28.1 Å². The van der Waals surface area contributed by atoms with E-state index in [-0.39, 0.29) is 29.7 Å². The summed E-state index contributed by atoms with van der Waals surface area (Å²) in [6.07, 6.45) is 6.39. The Hall–Kier alpha value is -1.82. The maximum atomic E-state index is 12.5. The molecule has 0 spiro atoms. The van der Waals surface area contributed by atoms with Crippen molar-refractivity contribution in [1.29, 1.82) is 0 Å². The van der Waals surface area contributed by atoms with Crippen molar-refractivity contribution in [2.75, 3.05) is 0 Å². The zero-order valence-electron chi connectivity index (χ0n) is 13.4. The molecule has 0 bridgehead atoms. The van der Waals surface area contributed by atoms with Gasteiger partial charge < -0.3 is 10.6 Å². The lowest BCUT2D eigenvalue weighted by Gasteiger charge is -2.44. The predicted molar refractivity (Wildman–Crippen MR) is 92.9 cm³/mol. The number of fused-ring (bicyclic) bond motifs is 3. The van der Waals surface area contributed by atoms with Crippen molar-refractivity contribution in [1.82, 2.24) is 15.6 Å². The molecule has 0 aromatic carbocycles. The van der Waals surface area contributed by atoms with Gasteiger partial charge in [0.1, 0.15) is 0 Å². The number of nitrogens with zero attached hydrogens (tertiary/aromatic N) is 1. The third-order valence-corrected chi connectivity index (χ3v) is 6.64. The number of hydrogen-bond acceptors (Lipinski definition) is 4.